The van der Waals surface area contributed by atoms with Crippen LogP contribution in [-0.2, 0) is 26.2 Å². The van der Waals surface area contributed by atoms with E-state index in [9.17, 15) is 22.4 Å². The molecule has 0 unspecified atom stereocenters. The van der Waals surface area contributed by atoms with Crippen molar-refractivity contribution in [1.82, 2.24) is 10.2 Å². The van der Waals surface area contributed by atoms with Crippen molar-refractivity contribution in [2.75, 3.05) is 23.7 Å². The molecule has 0 saturated heterocycles. The molecule has 0 aliphatic heterocycles. The van der Waals surface area contributed by atoms with Crippen LogP contribution in [0, 0.1) is 5.82 Å². The number of amides is 2. The van der Waals surface area contributed by atoms with Gasteiger partial charge in [-0.25, -0.2) is 12.8 Å². The number of nitrogens with one attached hydrogen (secondary N) is 1. The first kappa shape index (κ1) is 28.1. The molecule has 2 amide bonds. The van der Waals surface area contributed by atoms with Crippen LogP contribution in [0.5, 0.6) is 5.75 Å². The predicted octanol–water partition coefficient (Wildman–Crippen LogP) is 3.32. The number of rotatable bonds is 10. The maximum Gasteiger partial charge on any atom is 0.244 e. The summed E-state index contributed by atoms with van der Waals surface area (Å²) in [5, 5.41) is 2.82. The van der Waals surface area contributed by atoms with Gasteiger partial charge in [0.15, 0.2) is 0 Å². The molecule has 2 aromatic carbocycles. The molecule has 0 bridgehead atoms. The second kappa shape index (κ2) is 11.5. The van der Waals surface area contributed by atoms with Gasteiger partial charge in [-0.2, -0.15) is 0 Å². The summed E-state index contributed by atoms with van der Waals surface area (Å²) < 4.78 is 46.4. The van der Waals surface area contributed by atoms with Crippen molar-refractivity contribution in [3.8, 4) is 5.75 Å². The van der Waals surface area contributed by atoms with Gasteiger partial charge in [-0.3, -0.25) is 13.9 Å². The highest BCUT2D eigenvalue weighted by atomic mass is 32.2. The summed E-state index contributed by atoms with van der Waals surface area (Å²) in [7, 11) is -3.91. The Kier molecular flexibility index (Phi) is 9.25. The van der Waals surface area contributed by atoms with Gasteiger partial charge in [-0.15, -0.1) is 0 Å². The van der Waals surface area contributed by atoms with E-state index < -0.39 is 45.8 Å². The van der Waals surface area contributed by atoms with Crippen LogP contribution in [0.4, 0.5) is 10.1 Å². The monoisotopic (exact) mass is 507 g/mol. The lowest BCUT2D eigenvalue weighted by molar-refractivity contribution is -0.140. The summed E-state index contributed by atoms with van der Waals surface area (Å²) in [6.07, 6.45) is 0.986. The minimum absolute atomic E-state index is 0.197. The SMILES string of the molecule is CCOc1ccccc1N(CC(=O)N(Cc1ccccc1F)[C@@H](C)C(=O)NC(C)(C)C)S(C)(=O)=O. The highest BCUT2D eigenvalue weighted by Crippen LogP contribution is 2.30. The summed E-state index contributed by atoms with van der Waals surface area (Å²) in [5.74, 6) is -1.34. The van der Waals surface area contributed by atoms with E-state index in [0.29, 0.717) is 12.4 Å². The van der Waals surface area contributed by atoms with E-state index in [1.54, 1.807) is 52.0 Å². The van der Waals surface area contributed by atoms with E-state index in [2.05, 4.69) is 5.32 Å². The fourth-order valence-corrected chi connectivity index (χ4v) is 4.26. The van der Waals surface area contributed by atoms with Crippen LogP contribution in [0.3, 0.4) is 0 Å². The van der Waals surface area contributed by atoms with Gasteiger partial charge >= 0.3 is 0 Å². The quantitative estimate of drug-likeness (QED) is 0.532. The van der Waals surface area contributed by atoms with E-state index in [1.165, 1.54) is 36.1 Å². The van der Waals surface area contributed by atoms with Gasteiger partial charge in [-0.05, 0) is 52.8 Å². The van der Waals surface area contributed by atoms with Crippen molar-refractivity contribution >= 4 is 27.5 Å². The molecular weight excluding hydrogens is 473 g/mol. The van der Waals surface area contributed by atoms with Crippen LogP contribution < -0.4 is 14.4 Å². The molecule has 2 rings (SSSR count). The Labute approximate surface area is 207 Å². The molecule has 0 fully saturated rings. The van der Waals surface area contributed by atoms with Crippen molar-refractivity contribution < 1.29 is 27.1 Å². The fourth-order valence-electron chi connectivity index (χ4n) is 3.40. The fraction of sp³-hybridized carbons (Fsp3) is 0.440. The van der Waals surface area contributed by atoms with Crippen LogP contribution in [0.15, 0.2) is 48.5 Å². The smallest absolute Gasteiger partial charge is 0.244 e. The lowest BCUT2D eigenvalue weighted by Crippen LogP contribution is -2.54. The molecule has 0 aliphatic rings. The molecule has 0 heterocycles. The van der Waals surface area contributed by atoms with Gasteiger partial charge in [0.05, 0.1) is 18.6 Å². The molecule has 0 radical (unpaired) electrons. The summed E-state index contributed by atoms with van der Waals surface area (Å²) in [4.78, 5) is 27.6. The number of carbonyl (C=O) groups is 2. The van der Waals surface area contributed by atoms with Crippen molar-refractivity contribution in [2.45, 2.75) is 52.7 Å². The zero-order valence-corrected chi connectivity index (χ0v) is 21.9. The summed E-state index contributed by atoms with van der Waals surface area (Å²) in [6, 6.07) is 11.4. The molecule has 2 aromatic rings. The third kappa shape index (κ3) is 7.95. The minimum Gasteiger partial charge on any atom is -0.492 e. The molecule has 0 aliphatic carbocycles. The van der Waals surface area contributed by atoms with Gasteiger partial charge < -0.3 is 15.0 Å². The summed E-state index contributed by atoms with van der Waals surface area (Å²) >= 11 is 0. The van der Waals surface area contributed by atoms with Gasteiger partial charge in [0.25, 0.3) is 0 Å². The minimum atomic E-state index is -3.91. The van der Waals surface area contributed by atoms with E-state index in [1.807, 2.05) is 0 Å². The zero-order valence-electron chi connectivity index (χ0n) is 21.0. The van der Waals surface area contributed by atoms with Crippen LogP contribution >= 0.6 is 0 Å². The van der Waals surface area contributed by atoms with E-state index in [-0.39, 0.29) is 17.8 Å². The largest absolute Gasteiger partial charge is 0.492 e. The molecule has 1 N–H and O–H groups in total. The van der Waals surface area contributed by atoms with Gasteiger partial charge in [0.1, 0.15) is 24.2 Å². The first-order valence-corrected chi connectivity index (χ1v) is 13.1. The Bertz CT molecular complexity index is 1150. The molecule has 0 aromatic heterocycles. The number of benzene rings is 2. The molecule has 8 nitrogen and oxygen atoms in total. The van der Waals surface area contributed by atoms with Gasteiger partial charge in [-0.1, -0.05) is 30.3 Å². The molecule has 0 spiro atoms. The van der Waals surface area contributed by atoms with Crippen LogP contribution in [0.2, 0.25) is 0 Å². The van der Waals surface area contributed by atoms with Crippen molar-refractivity contribution in [3.63, 3.8) is 0 Å². The number of sulfonamides is 1. The van der Waals surface area contributed by atoms with Crippen molar-refractivity contribution in [2.24, 2.45) is 0 Å². The number of hydrogen-bond donors (Lipinski definition) is 1. The maximum atomic E-state index is 14.4. The first-order chi connectivity index (χ1) is 16.2. The number of halogens is 1. The molecule has 35 heavy (non-hydrogen) atoms. The topological polar surface area (TPSA) is 96.0 Å². The lowest BCUT2D eigenvalue weighted by atomic mass is 10.1. The summed E-state index contributed by atoms with van der Waals surface area (Å²) in [5.41, 5.74) is -0.160. The first-order valence-electron chi connectivity index (χ1n) is 11.3. The van der Waals surface area contributed by atoms with Crippen molar-refractivity contribution in [3.05, 3.63) is 59.9 Å². The average molecular weight is 508 g/mol. The highest BCUT2D eigenvalue weighted by molar-refractivity contribution is 7.92. The third-order valence-corrected chi connectivity index (χ3v) is 6.20. The number of nitrogens with zero attached hydrogens (tertiary/aromatic N) is 2. The molecule has 1 atom stereocenters. The summed E-state index contributed by atoms with van der Waals surface area (Å²) in [6.45, 7) is 8.19. The highest BCUT2D eigenvalue weighted by Gasteiger charge is 2.32. The molecule has 192 valence electrons. The second-order valence-corrected chi connectivity index (χ2v) is 11.1. The van der Waals surface area contributed by atoms with Crippen LogP contribution in [-0.4, -0.2) is 56.1 Å². The second-order valence-electron chi connectivity index (χ2n) is 9.20. The normalized spacial score (nSPS) is 12.5. The molecule has 0 saturated carbocycles. The predicted molar refractivity (Wildman–Crippen MR) is 134 cm³/mol. The number of hydrogen-bond acceptors (Lipinski definition) is 5. The van der Waals surface area contributed by atoms with E-state index in [4.69, 9.17) is 4.74 Å². The third-order valence-electron chi connectivity index (χ3n) is 5.08. The number of carbonyl (C=O) groups excluding carboxylic acids is 2. The number of anilines is 1. The lowest BCUT2D eigenvalue weighted by Gasteiger charge is -2.33. The Balaban J connectivity index is 2.47. The van der Waals surface area contributed by atoms with Crippen LogP contribution in [0.25, 0.3) is 0 Å². The molecular formula is C25H34FN3O5S. The Hall–Kier alpha value is -3.14. The molecule has 10 heteroatoms. The average Bonchev–Trinajstić information content (AvgIpc) is 2.75. The standard InChI is InChI=1S/C25H34FN3O5S/c1-7-34-22-15-11-10-14-21(22)29(35(6,32)33)17-23(30)28(16-19-12-8-9-13-20(19)26)18(2)24(31)27-25(3,4)5/h8-15,18H,7,16-17H2,1-6H3,(H,27,31)/t18-/m0/s1. The van der Waals surface area contributed by atoms with Crippen molar-refractivity contribution in [1.29, 1.82) is 0 Å². The number of para-hydroxylation sites is 2. The van der Waals surface area contributed by atoms with E-state index >= 15 is 0 Å². The van der Waals surface area contributed by atoms with Gasteiger partial charge in [0, 0.05) is 17.6 Å². The van der Waals surface area contributed by atoms with Crippen LogP contribution in [0.1, 0.15) is 40.2 Å². The number of ether oxygens (including phenoxy) is 1. The maximum absolute atomic E-state index is 14.4. The van der Waals surface area contributed by atoms with E-state index in [0.717, 1.165) is 10.6 Å². The Morgan fingerprint density at radius 2 is 1.69 bits per heavy atom. The Morgan fingerprint density at radius 1 is 1.09 bits per heavy atom. The van der Waals surface area contributed by atoms with Gasteiger partial charge in [0.2, 0.25) is 21.8 Å². The zero-order chi connectivity index (χ0) is 26.4. The Morgan fingerprint density at radius 3 is 2.26 bits per heavy atom.